The van der Waals surface area contributed by atoms with Crippen molar-refractivity contribution in [2.45, 2.75) is 24.9 Å². The van der Waals surface area contributed by atoms with Gasteiger partial charge in [-0.15, -0.1) is 22.7 Å². The second-order valence-corrected chi connectivity index (χ2v) is 6.48. The molecule has 1 aliphatic rings. The fraction of sp³-hybridized carbons (Fsp3) is 0.308. The highest BCUT2D eigenvalue weighted by molar-refractivity contribution is 7.10. The summed E-state index contributed by atoms with van der Waals surface area (Å²) in [5.41, 5.74) is 0.738. The molecule has 0 unspecified atom stereocenters. The highest BCUT2D eigenvalue weighted by Gasteiger charge is 2.36. The minimum Gasteiger partial charge on any atom is -0.411 e. The molecule has 2 atom stereocenters. The average molecular weight is 294 g/mol. The van der Waals surface area contributed by atoms with Crippen LogP contribution in [0.1, 0.15) is 34.7 Å². The topological polar surface area (TPSA) is 56.1 Å². The molecule has 2 aromatic heterocycles. The van der Waals surface area contributed by atoms with Gasteiger partial charge in [0.15, 0.2) is 0 Å². The van der Waals surface area contributed by atoms with Crippen molar-refractivity contribution in [3.63, 3.8) is 0 Å². The van der Waals surface area contributed by atoms with Crippen molar-refractivity contribution in [1.82, 2.24) is 5.06 Å². The summed E-state index contributed by atoms with van der Waals surface area (Å²) in [5, 5.41) is 28.4. The van der Waals surface area contributed by atoms with Crippen molar-refractivity contribution in [1.29, 1.82) is 0 Å². The van der Waals surface area contributed by atoms with Gasteiger partial charge < -0.3 is 10.4 Å². The maximum absolute atomic E-state index is 10.5. The lowest BCUT2D eigenvalue weighted by atomic mass is 9.94. The van der Waals surface area contributed by atoms with Crippen molar-refractivity contribution in [3.8, 4) is 0 Å². The summed E-state index contributed by atoms with van der Waals surface area (Å²) in [5.74, 6) is 0. The number of thiophene rings is 2. The zero-order valence-electron chi connectivity index (χ0n) is 10.1. The van der Waals surface area contributed by atoms with Crippen molar-refractivity contribution < 1.29 is 10.4 Å². The maximum atomic E-state index is 10.5. The molecule has 0 bridgehead atoms. The van der Waals surface area contributed by atoms with Crippen LogP contribution in [0.25, 0.3) is 0 Å². The number of hydroxylamine groups is 2. The van der Waals surface area contributed by atoms with Gasteiger partial charge in [0.1, 0.15) is 0 Å². The number of piperidine rings is 1. The molecule has 0 amide bonds. The lowest BCUT2D eigenvalue weighted by molar-refractivity contribution is -0.165. The van der Waals surface area contributed by atoms with Crippen LogP contribution in [-0.2, 0) is 0 Å². The number of hydrogen-bond donors (Lipinski definition) is 2. The van der Waals surface area contributed by atoms with Gasteiger partial charge in [0.05, 0.1) is 17.8 Å². The summed E-state index contributed by atoms with van der Waals surface area (Å²) in [4.78, 5) is 2.18. The van der Waals surface area contributed by atoms with Gasteiger partial charge in [0.25, 0.3) is 0 Å². The predicted octanol–water partition coefficient (Wildman–Crippen LogP) is 3.91. The van der Waals surface area contributed by atoms with Gasteiger partial charge in [0, 0.05) is 22.6 Å². The Morgan fingerprint density at radius 2 is 1.58 bits per heavy atom. The second-order valence-electron chi connectivity index (χ2n) is 4.52. The zero-order valence-corrected chi connectivity index (χ0v) is 11.8. The monoisotopic (exact) mass is 294 g/mol. The largest absolute Gasteiger partial charge is 0.411 e. The lowest BCUT2D eigenvalue weighted by Gasteiger charge is -2.36. The van der Waals surface area contributed by atoms with Crippen molar-refractivity contribution in [2.75, 3.05) is 0 Å². The van der Waals surface area contributed by atoms with Crippen molar-refractivity contribution >= 4 is 28.4 Å². The lowest BCUT2D eigenvalue weighted by Crippen LogP contribution is -2.36. The van der Waals surface area contributed by atoms with E-state index in [4.69, 9.17) is 5.21 Å². The van der Waals surface area contributed by atoms with E-state index < -0.39 is 0 Å². The first-order chi connectivity index (χ1) is 9.29. The van der Waals surface area contributed by atoms with Gasteiger partial charge in [-0.1, -0.05) is 17.3 Å². The van der Waals surface area contributed by atoms with Crippen LogP contribution < -0.4 is 0 Å². The van der Waals surface area contributed by atoms with Crippen molar-refractivity contribution in [2.24, 2.45) is 5.16 Å². The van der Waals surface area contributed by atoms with Crippen LogP contribution in [0.15, 0.2) is 40.2 Å². The summed E-state index contributed by atoms with van der Waals surface area (Å²) in [7, 11) is 0. The summed E-state index contributed by atoms with van der Waals surface area (Å²) in [6, 6.07) is 7.68. The molecular weight excluding hydrogens is 280 g/mol. The molecule has 0 spiro atoms. The second kappa shape index (κ2) is 5.42. The molecule has 1 aliphatic heterocycles. The van der Waals surface area contributed by atoms with Crippen LogP contribution in [0.2, 0.25) is 0 Å². The maximum Gasteiger partial charge on any atom is 0.0753 e. The minimum atomic E-state index is -0.133. The number of hydrogen-bond acceptors (Lipinski definition) is 6. The highest BCUT2D eigenvalue weighted by Crippen LogP contribution is 2.41. The fourth-order valence-electron chi connectivity index (χ4n) is 2.44. The highest BCUT2D eigenvalue weighted by atomic mass is 32.1. The zero-order chi connectivity index (χ0) is 13.2. The Bertz CT molecular complexity index is 505. The molecule has 2 N–H and O–H groups in total. The molecule has 0 aliphatic carbocycles. The Balaban J connectivity index is 1.93. The molecule has 0 saturated carbocycles. The standard InChI is InChI=1S/C13H14N2O2S2/c16-14-9-7-10(12-3-1-5-18-12)15(17)11(8-9)13-4-2-6-19-13/h1-6,10-11,16-17H,7-8H2/t10-,11-/m0/s1. The Labute approximate surface area is 119 Å². The van der Waals surface area contributed by atoms with E-state index in [-0.39, 0.29) is 12.1 Å². The van der Waals surface area contributed by atoms with E-state index in [0.29, 0.717) is 12.8 Å². The third-order valence-electron chi connectivity index (χ3n) is 3.38. The van der Waals surface area contributed by atoms with Gasteiger partial charge in [-0.3, -0.25) is 0 Å². The normalized spacial score (nSPS) is 24.6. The van der Waals surface area contributed by atoms with Crippen LogP contribution >= 0.6 is 22.7 Å². The van der Waals surface area contributed by atoms with Gasteiger partial charge >= 0.3 is 0 Å². The predicted molar refractivity (Wildman–Crippen MR) is 76.2 cm³/mol. The van der Waals surface area contributed by atoms with Crippen LogP contribution in [0.5, 0.6) is 0 Å². The Kier molecular flexibility index (Phi) is 3.65. The number of nitrogens with zero attached hydrogens (tertiary/aromatic N) is 2. The summed E-state index contributed by atoms with van der Waals surface area (Å²) >= 11 is 3.22. The molecule has 2 aromatic rings. The Morgan fingerprint density at radius 3 is 1.95 bits per heavy atom. The van der Waals surface area contributed by atoms with E-state index in [2.05, 4.69) is 5.16 Å². The van der Waals surface area contributed by atoms with Gasteiger partial charge in [0.2, 0.25) is 0 Å². The van der Waals surface area contributed by atoms with Gasteiger partial charge in [-0.2, -0.15) is 5.06 Å². The third kappa shape index (κ3) is 2.44. The first-order valence-corrected chi connectivity index (χ1v) is 7.79. The molecule has 1 fully saturated rings. The molecule has 0 radical (unpaired) electrons. The molecule has 3 rings (SSSR count). The summed E-state index contributed by atoms with van der Waals surface area (Å²) in [6.45, 7) is 0. The van der Waals surface area contributed by atoms with E-state index >= 15 is 0 Å². The first-order valence-electron chi connectivity index (χ1n) is 6.03. The molecule has 19 heavy (non-hydrogen) atoms. The quantitative estimate of drug-likeness (QED) is 0.652. The van der Waals surface area contributed by atoms with E-state index in [1.54, 1.807) is 22.7 Å². The van der Waals surface area contributed by atoms with E-state index in [9.17, 15) is 5.21 Å². The van der Waals surface area contributed by atoms with Crippen LogP contribution in [0.3, 0.4) is 0 Å². The fourth-order valence-corrected chi connectivity index (χ4v) is 4.08. The molecular formula is C13H14N2O2S2. The smallest absolute Gasteiger partial charge is 0.0753 e. The Hall–Kier alpha value is -1.21. The summed E-state index contributed by atoms with van der Waals surface area (Å²) < 4.78 is 0. The summed E-state index contributed by atoms with van der Waals surface area (Å²) in [6.07, 6.45) is 1.13. The number of rotatable bonds is 2. The van der Waals surface area contributed by atoms with E-state index in [0.717, 1.165) is 15.5 Å². The van der Waals surface area contributed by atoms with Crippen LogP contribution in [0.4, 0.5) is 0 Å². The molecule has 3 heterocycles. The Morgan fingerprint density at radius 1 is 1.05 bits per heavy atom. The number of oxime groups is 1. The van der Waals surface area contributed by atoms with Gasteiger partial charge in [-0.25, -0.2) is 0 Å². The van der Waals surface area contributed by atoms with Crippen molar-refractivity contribution in [3.05, 3.63) is 44.8 Å². The molecule has 100 valence electrons. The minimum absolute atomic E-state index is 0.133. The van der Waals surface area contributed by atoms with E-state index in [1.807, 2.05) is 35.0 Å². The van der Waals surface area contributed by atoms with E-state index in [1.165, 1.54) is 5.06 Å². The van der Waals surface area contributed by atoms with Crippen LogP contribution in [-0.4, -0.2) is 21.2 Å². The van der Waals surface area contributed by atoms with Gasteiger partial charge in [-0.05, 0) is 22.9 Å². The first kappa shape index (κ1) is 12.8. The molecule has 1 saturated heterocycles. The SMILES string of the molecule is ON=C1C[C@@H](c2cccs2)N(O)[C@H](c2cccs2)C1. The third-order valence-corrected chi connectivity index (χ3v) is 5.33. The van der Waals surface area contributed by atoms with Crippen LogP contribution in [0, 0.1) is 0 Å². The average Bonchev–Trinajstić information content (AvgIpc) is 3.12. The molecule has 6 heteroatoms. The molecule has 4 nitrogen and oxygen atoms in total. The molecule has 0 aromatic carbocycles.